The zero-order valence-corrected chi connectivity index (χ0v) is 16.6. The Morgan fingerprint density at radius 3 is 2.64 bits per heavy atom. The molecule has 0 radical (unpaired) electrons. The molecule has 1 aromatic carbocycles. The number of benzene rings is 1. The summed E-state index contributed by atoms with van der Waals surface area (Å²) in [7, 11) is 3.68. The third-order valence-electron chi connectivity index (χ3n) is 4.89. The van der Waals surface area contributed by atoms with Gasteiger partial charge in [0.25, 0.3) is 0 Å². The van der Waals surface area contributed by atoms with Gasteiger partial charge in [-0.2, -0.15) is 5.10 Å². The van der Waals surface area contributed by atoms with E-state index in [-0.39, 0.29) is 11.9 Å². The molecule has 2 heterocycles. The fraction of sp³-hybridized carbons (Fsp3) is 0.500. The average molecular weight is 388 g/mol. The summed E-state index contributed by atoms with van der Waals surface area (Å²) in [5, 5.41) is 10.9. The highest BCUT2D eigenvalue weighted by atomic mass is 19.1. The molecule has 2 N–H and O–H groups in total. The van der Waals surface area contributed by atoms with Crippen molar-refractivity contribution >= 4 is 5.96 Å². The van der Waals surface area contributed by atoms with E-state index in [4.69, 9.17) is 4.74 Å². The van der Waals surface area contributed by atoms with Crippen LogP contribution >= 0.6 is 0 Å². The Kier molecular flexibility index (Phi) is 7.39. The number of guanidine groups is 1. The molecule has 152 valence electrons. The normalized spacial score (nSPS) is 16.8. The van der Waals surface area contributed by atoms with Crippen molar-refractivity contribution in [2.75, 3.05) is 46.4 Å². The Morgan fingerprint density at radius 1 is 1.25 bits per heavy atom. The zero-order chi connectivity index (χ0) is 19.8. The van der Waals surface area contributed by atoms with E-state index < -0.39 is 0 Å². The molecule has 0 bridgehead atoms. The highest BCUT2D eigenvalue weighted by Crippen LogP contribution is 2.21. The predicted molar refractivity (Wildman–Crippen MR) is 108 cm³/mol. The summed E-state index contributed by atoms with van der Waals surface area (Å²) in [6.07, 6.45) is 4.76. The van der Waals surface area contributed by atoms with E-state index in [9.17, 15) is 4.39 Å². The molecule has 1 aliphatic rings. The molecular formula is C20H29FN6O. The number of ether oxygens (including phenoxy) is 1. The Hall–Kier alpha value is -2.45. The van der Waals surface area contributed by atoms with Crippen molar-refractivity contribution in [3.63, 3.8) is 0 Å². The van der Waals surface area contributed by atoms with Gasteiger partial charge in [-0.15, -0.1) is 0 Å². The van der Waals surface area contributed by atoms with Crippen molar-refractivity contribution in [2.45, 2.75) is 12.5 Å². The lowest BCUT2D eigenvalue weighted by Gasteiger charge is -2.35. The number of aryl methyl sites for hydroxylation is 1. The molecule has 28 heavy (non-hydrogen) atoms. The van der Waals surface area contributed by atoms with Crippen molar-refractivity contribution in [1.82, 2.24) is 25.3 Å². The molecule has 1 atom stereocenters. The summed E-state index contributed by atoms with van der Waals surface area (Å²) < 4.78 is 20.6. The van der Waals surface area contributed by atoms with Crippen LogP contribution in [0.4, 0.5) is 4.39 Å². The quantitative estimate of drug-likeness (QED) is 0.554. The molecule has 0 amide bonds. The summed E-state index contributed by atoms with van der Waals surface area (Å²) >= 11 is 0. The van der Waals surface area contributed by atoms with Crippen LogP contribution in [0.2, 0.25) is 0 Å². The van der Waals surface area contributed by atoms with E-state index in [2.05, 4.69) is 25.6 Å². The molecular weight excluding hydrogens is 359 g/mol. The number of halogens is 1. The van der Waals surface area contributed by atoms with Gasteiger partial charge in [-0.05, 0) is 29.7 Å². The maximum Gasteiger partial charge on any atom is 0.191 e. The third-order valence-corrected chi connectivity index (χ3v) is 4.89. The van der Waals surface area contributed by atoms with Gasteiger partial charge in [-0.1, -0.05) is 12.1 Å². The van der Waals surface area contributed by atoms with Crippen LogP contribution in [0, 0.1) is 5.82 Å². The second-order valence-corrected chi connectivity index (χ2v) is 6.87. The molecule has 7 nitrogen and oxygen atoms in total. The molecule has 1 unspecified atom stereocenters. The first-order valence-corrected chi connectivity index (χ1v) is 9.65. The van der Waals surface area contributed by atoms with Crippen LogP contribution in [0.25, 0.3) is 0 Å². The summed E-state index contributed by atoms with van der Waals surface area (Å²) in [5.74, 6) is 0.537. The van der Waals surface area contributed by atoms with Gasteiger partial charge in [-0.3, -0.25) is 14.6 Å². The Morgan fingerprint density at radius 2 is 2.00 bits per heavy atom. The monoisotopic (exact) mass is 388 g/mol. The number of nitrogens with zero attached hydrogens (tertiary/aromatic N) is 4. The third kappa shape index (κ3) is 5.77. The van der Waals surface area contributed by atoms with Gasteiger partial charge in [0.1, 0.15) is 5.82 Å². The number of aliphatic imine (C=N–C) groups is 1. The maximum atomic E-state index is 13.4. The zero-order valence-electron chi connectivity index (χ0n) is 16.6. The maximum absolute atomic E-state index is 13.4. The Labute approximate surface area is 165 Å². The fourth-order valence-electron chi connectivity index (χ4n) is 3.37. The summed E-state index contributed by atoms with van der Waals surface area (Å²) in [5.41, 5.74) is 2.27. The lowest BCUT2D eigenvalue weighted by molar-refractivity contribution is 0.0170. The van der Waals surface area contributed by atoms with Crippen LogP contribution in [-0.2, 0) is 18.2 Å². The minimum Gasteiger partial charge on any atom is -0.379 e. The molecule has 1 saturated heterocycles. The van der Waals surface area contributed by atoms with Gasteiger partial charge in [0.2, 0.25) is 0 Å². The fourth-order valence-corrected chi connectivity index (χ4v) is 3.37. The summed E-state index contributed by atoms with van der Waals surface area (Å²) in [4.78, 5) is 6.69. The SMILES string of the molecule is CN=C(NCCc1cnn(C)c1)NCC(c1ccc(F)cc1)N1CCOCC1. The van der Waals surface area contributed by atoms with Gasteiger partial charge in [0.15, 0.2) is 5.96 Å². The molecule has 1 aliphatic heterocycles. The molecule has 1 fully saturated rings. The minimum absolute atomic E-state index is 0.126. The van der Waals surface area contributed by atoms with Crippen LogP contribution in [0.15, 0.2) is 41.7 Å². The second-order valence-electron chi connectivity index (χ2n) is 6.87. The lowest BCUT2D eigenvalue weighted by Crippen LogP contribution is -2.46. The van der Waals surface area contributed by atoms with E-state index in [1.54, 1.807) is 11.7 Å². The number of hydrogen-bond acceptors (Lipinski definition) is 4. The molecule has 0 spiro atoms. The lowest BCUT2D eigenvalue weighted by atomic mass is 10.0. The van der Waals surface area contributed by atoms with Crippen molar-refractivity contribution in [1.29, 1.82) is 0 Å². The van der Waals surface area contributed by atoms with Crippen LogP contribution < -0.4 is 10.6 Å². The molecule has 2 aromatic rings. The van der Waals surface area contributed by atoms with Gasteiger partial charge < -0.3 is 15.4 Å². The minimum atomic E-state index is -0.217. The molecule has 8 heteroatoms. The highest BCUT2D eigenvalue weighted by molar-refractivity contribution is 5.79. The first-order valence-electron chi connectivity index (χ1n) is 9.65. The van der Waals surface area contributed by atoms with Gasteiger partial charge in [0, 0.05) is 46.5 Å². The Bertz CT molecular complexity index is 754. The highest BCUT2D eigenvalue weighted by Gasteiger charge is 2.23. The van der Waals surface area contributed by atoms with Crippen molar-refractivity contribution in [2.24, 2.45) is 12.0 Å². The van der Waals surface area contributed by atoms with Crippen molar-refractivity contribution in [3.05, 3.63) is 53.6 Å². The van der Waals surface area contributed by atoms with E-state index in [0.717, 1.165) is 50.8 Å². The standard InChI is InChI=1S/C20H29FN6O/c1-22-20(23-8-7-16-13-25-26(2)15-16)24-14-19(27-9-11-28-12-10-27)17-3-5-18(21)6-4-17/h3-6,13,15,19H,7-12,14H2,1-2H3,(H2,22,23,24). The van der Waals surface area contributed by atoms with E-state index in [0.29, 0.717) is 6.54 Å². The summed E-state index contributed by atoms with van der Waals surface area (Å²) in [6, 6.07) is 6.88. The number of aromatic nitrogens is 2. The van der Waals surface area contributed by atoms with E-state index in [1.165, 1.54) is 17.7 Å². The van der Waals surface area contributed by atoms with Crippen LogP contribution in [0.1, 0.15) is 17.2 Å². The smallest absolute Gasteiger partial charge is 0.191 e. The second kappa shape index (κ2) is 10.2. The van der Waals surface area contributed by atoms with Crippen LogP contribution in [0.5, 0.6) is 0 Å². The summed E-state index contributed by atoms with van der Waals surface area (Å²) in [6.45, 7) is 4.60. The van der Waals surface area contributed by atoms with Gasteiger partial charge >= 0.3 is 0 Å². The van der Waals surface area contributed by atoms with Gasteiger partial charge in [0.05, 0.1) is 25.5 Å². The number of nitrogens with one attached hydrogen (secondary N) is 2. The van der Waals surface area contributed by atoms with Crippen molar-refractivity contribution in [3.8, 4) is 0 Å². The van der Waals surface area contributed by atoms with Crippen LogP contribution in [-0.4, -0.2) is 67.1 Å². The van der Waals surface area contributed by atoms with Crippen LogP contribution in [0.3, 0.4) is 0 Å². The molecule has 1 aromatic heterocycles. The topological polar surface area (TPSA) is 66.7 Å². The number of morpholine rings is 1. The van der Waals surface area contributed by atoms with E-state index in [1.807, 2.05) is 31.6 Å². The predicted octanol–water partition coefficient (Wildman–Crippen LogP) is 1.34. The van der Waals surface area contributed by atoms with E-state index >= 15 is 0 Å². The number of rotatable bonds is 7. The number of hydrogen-bond donors (Lipinski definition) is 2. The van der Waals surface area contributed by atoms with Gasteiger partial charge in [-0.25, -0.2) is 4.39 Å². The first kappa shape index (κ1) is 20.3. The largest absolute Gasteiger partial charge is 0.379 e. The van der Waals surface area contributed by atoms with Crippen molar-refractivity contribution < 1.29 is 9.13 Å². The Balaban J connectivity index is 1.56. The average Bonchev–Trinajstić information content (AvgIpc) is 3.14. The molecule has 3 rings (SSSR count). The molecule has 0 saturated carbocycles. The first-order chi connectivity index (χ1) is 13.7. The molecule has 0 aliphatic carbocycles.